The summed E-state index contributed by atoms with van der Waals surface area (Å²) in [6.07, 6.45) is 7.86. The Labute approximate surface area is 202 Å². The first-order chi connectivity index (χ1) is 16.6. The van der Waals surface area contributed by atoms with Gasteiger partial charge in [0.25, 0.3) is 0 Å². The van der Waals surface area contributed by atoms with Gasteiger partial charge in [0, 0.05) is 24.6 Å². The number of hydrogen-bond acceptors (Lipinski definition) is 5. The molecular weight excluding hydrogens is 424 g/mol. The molecule has 5 nitrogen and oxygen atoms in total. The van der Waals surface area contributed by atoms with Crippen molar-refractivity contribution < 1.29 is 14.2 Å². The first-order valence-electron chi connectivity index (χ1n) is 12.8. The number of fused-ring (bicyclic) bond motifs is 1. The van der Waals surface area contributed by atoms with Crippen LogP contribution in [0.2, 0.25) is 0 Å². The molecule has 1 unspecified atom stereocenters. The summed E-state index contributed by atoms with van der Waals surface area (Å²) in [5, 5.41) is 2.69. The molecule has 1 saturated heterocycles. The average Bonchev–Trinajstić information content (AvgIpc) is 3.31. The minimum absolute atomic E-state index is 0.353. The van der Waals surface area contributed by atoms with Gasteiger partial charge in [-0.25, -0.2) is 4.98 Å². The van der Waals surface area contributed by atoms with Crippen molar-refractivity contribution >= 4 is 10.8 Å². The molecule has 1 aromatic heterocycles. The van der Waals surface area contributed by atoms with Gasteiger partial charge in [-0.05, 0) is 66.3 Å². The molecule has 1 aliphatic carbocycles. The number of hydrogen-bond donors (Lipinski definition) is 0. The van der Waals surface area contributed by atoms with E-state index in [0.717, 1.165) is 55.8 Å². The van der Waals surface area contributed by atoms with Gasteiger partial charge in [-0.3, -0.25) is 0 Å². The van der Waals surface area contributed by atoms with Gasteiger partial charge in [-0.2, -0.15) is 4.98 Å². The molecule has 2 aromatic carbocycles. The highest BCUT2D eigenvalue weighted by atomic mass is 16.7. The molecule has 5 rings (SSSR count). The van der Waals surface area contributed by atoms with E-state index in [9.17, 15) is 0 Å². The fourth-order valence-corrected chi connectivity index (χ4v) is 5.65. The van der Waals surface area contributed by atoms with Crippen LogP contribution in [0.25, 0.3) is 10.8 Å². The summed E-state index contributed by atoms with van der Waals surface area (Å²) in [7, 11) is 0. The van der Waals surface area contributed by atoms with Gasteiger partial charge in [-0.15, -0.1) is 0 Å². The number of nitrogens with zero attached hydrogens (tertiary/aromatic N) is 2. The normalized spacial score (nSPS) is 19.0. The lowest BCUT2D eigenvalue weighted by molar-refractivity contribution is -0.178. The molecule has 3 aromatic rings. The van der Waals surface area contributed by atoms with Crippen molar-refractivity contribution in [1.82, 2.24) is 9.97 Å². The Morgan fingerprint density at radius 3 is 2.62 bits per heavy atom. The van der Waals surface area contributed by atoms with Crippen LogP contribution in [0.5, 0.6) is 5.88 Å². The second-order valence-electron chi connectivity index (χ2n) is 9.96. The lowest BCUT2D eigenvalue weighted by Gasteiger charge is -2.35. The van der Waals surface area contributed by atoms with Gasteiger partial charge < -0.3 is 14.2 Å². The average molecular weight is 461 g/mol. The van der Waals surface area contributed by atoms with Crippen LogP contribution in [-0.2, 0) is 22.3 Å². The molecule has 5 heteroatoms. The SMILES string of the molecule is CCc1c(CC(C)COc2nc(C)ncc2C2CCC3(CC2)OCCO3)ccc2ccccc12. The molecule has 1 aliphatic heterocycles. The van der Waals surface area contributed by atoms with Crippen molar-refractivity contribution in [3.63, 3.8) is 0 Å². The van der Waals surface area contributed by atoms with E-state index in [-0.39, 0.29) is 5.79 Å². The topological polar surface area (TPSA) is 53.5 Å². The first-order valence-corrected chi connectivity index (χ1v) is 12.8. The summed E-state index contributed by atoms with van der Waals surface area (Å²) in [6.45, 7) is 8.50. The minimum Gasteiger partial charge on any atom is -0.477 e. The number of benzene rings is 2. The fraction of sp³-hybridized carbons (Fsp3) is 0.517. The van der Waals surface area contributed by atoms with E-state index < -0.39 is 0 Å². The molecule has 180 valence electrons. The maximum Gasteiger partial charge on any atom is 0.220 e. The van der Waals surface area contributed by atoms with Gasteiger partial charge in [0.2, 0.25) is 5.88 Å². The Balaban J connectivity index is 1.26. The van der Waals surface area contributed by atoms with Gasteiger partial charge in [-0.1, -0.05) is 50.2 Å². The third-order valence-electron chi connectivity index (χ3n) is 7.47. The van der Waals surface area contributed by atoms with Crippen LogP contribution in [0.15, 0.2) is 42.6 Å². The Hall–Kier alpha value is -2.50. The fourth-order valence-electron chi connectivity index (χ4n) is 5.65. The standard InChI is InChI=1S/C29H36N2O3/c1-4-25-24(10-9-22-7-5-6-8-26(22)25)17-20(2)19-32-28-27(18-30-21(3)31-28)23-11-13-29(14-12-23)33-15-16-34-29/h5-10,18,20,23H,4,11-17,19H2,1-3H3. The van der Waals surface area contributed by atoms with Crippen molar-refractivity contribution in [1.29, 1.82) is 0 Å². The zero-order valence-electron chi connectivity index (χ0n) is 20.7. The van der Waals surface area contributed by atoms with E-state index in [0.29, 0.717) is 31.7 Å². The highest BCUT2D eigenvalue weighted by Gasteiger charge is 2.41. The van der Waals surface area contributed by atoms with E-state index in [1.165, 1.54) is 21.9 Å². The highest BCUT2D eigenvalue weighted by Crippen LogP contribution is 2.44. The molecule has 0 N–H and O–H groups in total. The Morgan fingerprint density at radius 1 is 1.09 bits per heavy atom. The third kappa shape index (κ3) is 4.82. The predicted octanol–water partition coefficient (Wildman–Crippen LogP) is 6.16. The molecule has 1 atom stereocenters. The number of aryl methyl sites for hydroxylation is 2. The van der Waals surface area contributed by atoms with Crippen LogP contribution in [0.1, 0.15) is 68.0 Å². The molecule has 2 heterocycles. The molecule has 0 radical (unpaired) electrons. The Bertz CT molecular complexity index is 1130. The number of ether oxygens (including phenoxy) is 3. The lowest BCUT2D eigenvalue weighted by Crippen LogP contribution is -2.34. The summed E-state index contributed by atoms with van der Waals surface area (Å²) >= 11 is 0. The van der Waals surface area contributed by atoms with E-state index in [1.807, 2.05) is 13.1 Å². The van der Waals surface area contributed by atoms with Crippen LogP contribution < -0.4 is 4.74 Å². The van der Waals surface area contributed by atoms with Crippen LogP contribution in [0.3, 0.4) is 0 Å². The maximum atomic E-state index is 6.37. The lowest BCUT2D eigenvalue weighted by atomic mass is 9.81. The monoisotopic (exact) mass is 460 g/mol. The van der Waals surface area contributed by atoms with Crippen molar-refractivity contribution in [3.05, 3.63) is 65.1 Å². The Morgan fingerprint density at radius 2 is 1.85 bits per heavy atom. The van der Waals surface area contributed by atoms with Crippen molar-refractivity contribution in [2.75, 3.05) is 19.8 Å². The van der Waals surface area contributed by atoms with Crippen molar-refractivity contribution in [2.24, 2.45) is 5.92 Å². The largest absolute Gasteiger partial charge is 0.477 e. The van der Waals surface area contributed by atoms with Crippen LogP contribution in [-0.4, -0.2) is 35.6 Å². The third-order valence-corrected chi connectivity index (χ3v) is 7.47. The van der Waals surface area contributed by atoms with E-state index >= 15 is 0 Å². The smallest absolute Gasteiger partial charge is 0.220 e. The molecule has 1 saturated carbocycles. The quantitative estimate of drug-likeness (QED) is 0.423. The zero-order chi connectivity index (χ0) is 23.5. The molecule has 34 heavy (non-hydrogen) atoms. The highest BCUT2D eigenvalue weighted by molar-refractivity contribution is 5.86. The number of aromatic nitrogens is 2. The summed E-state index contributed by atoms with van der Waals surface area (Å²) < 4.78 is 18.2. The van der Waals surface area contributed by atoms with Crippen LogP contribution >= 0.6 is 0 Å². The van der Waals surface area contributed by atoms with E-state index in [2.05, 4.69) is 55.2 Å². The second-order valence-corrected chi connectivity index (χ2v) is 9.96. The summed E-state index contributed by atoms with van der Waals surface area (Å²) in [5.74, 6) is 1.92. The van der Waals surface area contributed by atoms with Crippen molar-refractivity contribution in [2.45, 2.75) is 71.0 Å². The van der Waals surface area contributed by atoms with Crippen LogP contribution in [0, 0.1) is 12.8 Å². The summed E-state index contributed by atoms with van der Waals surface area (Å²) in [4.78, 5) is 9.19. The Kier molecular flexibility index (Phi) is 6.84. The van der Waals surface area contributed by atoms with E-state index in [1.54, 1.807) is 0 Å². The molecule has 1 spiro atoms. The summed E-state index contributed by atoms with van der Waals surface area (Å²) in [5.41, 5.74) is 4.01. The number of rotatable bonds is 7. The minimum atomic E-state index is -0.353. The molecule has 0 bridgehead atoms. The molecule has 0 amide bonds. The van der Waals surface area contributed by atoms with Gasteiger partial charge in [0.1, 0.15) is 5.82 Å². The van der Waals surface area contributed by atoms with Crippen LogP contribution in [0.4, 0.5) is 0 Å². The molecular formula is C29H36N2O3. The van der Waals surface area contributed by atoms with Gasteiger partial charge in [0.05, 0.1) is 19.8 Å². The molecule has 2 fully saturated rings. The van der Waals surface area contributed by atoms with Gasteiger partial charge >= 0.3 is 0 Å². The predicted molar refractivity (Wildman–Crippen MR) is 134 cm³/mol. The van der Waals surface area contributed by atoms with Gasteiger partial charge in [0.15, 0.2) is 5.79 Å². The zero-order valence-corrected chi connectivity index (χ0v) is 20.7. The van der Waals surface area contributed by atoms with E-state index in [4.69, 9.17) is 19.2 Å². The second kappa shape index (κ2) is 10.0. The summed E-state index contributed by atoms with van der Waals surface area (Å²) in [6, 6.07) is 13.2. The first kappa shape index (κ1) is 23.3. The maximum absolute atomic E-state index is 6.37. The van der Waals surface area contributed by atoms with Crippen molar-refractivity contribution in [3.8, 4) is 5.88 Å². The molecule has 2 aliphatic rings.